The van der Waals surface area contributed by atoms with Crippen molar-refractivity contribution in [2.45, 2.75) is 45.6 Å². The van der Waals surface area contributed by atoms with E-state index in [1.165, 1.54) is 4.90 Å². The van der Waals surface area contributed by atoms with Crippen LogP contribution < -0.4 is 5.73 Å². The summed E-state index contributed by atoms with van der Waals surface area (Å²) in [5.74, 6) is -1.62. The number of hydrogen-bond donors (Lipinski definition) is 2. The Morgan fingerprint density at radius 2 is 1.85 bits per heavy atom. The largest absolute Gasteiger partial charge is 0.480 e. The Kier molecular flexibility index (Phi) is 3.40. The molecule has 6 heteroatoms. The first-order chi connectivity index (χ1) is 9.16. The van der Waals surface area contributed by atoms with Gasteiger partial charge in [-0.15, -0.1) is 0 Å². The first-order valence-electron chi connectivity index (χ1n) is 7.04. The third-order valence-corrected chi connectivity index (χ3v) is 4.95. The van der Waals surface area contributed by atoms with Gasteiger partial charge in [-0.1, -0.05) is 20.8 Å². The zero-order chi connectivity index (χ0) is 15.3. The smallest absolute Gasteiger partial charge is 0.323 e. The molecular formula is C14H22N2O4. The van der Waals surface area contributed by atoms with Crippen molar-refractivity contribution in [1.29, 1.82) is 0 Å². The quantitative estimate of drug-likeness (QED) is 0.695. The van der Waals surface area contributed by atoms with Gasteiger partial charge in [0.2, 0.25) is 11.8 Å². The maximum atomic E-state index is 12.1. The van der Waals surface area contributed by atoms with Crippen LogP contribution >= 0.6 is 0 Å². The Labute approximate surface area is 118 Å². The summed E-state index contributed by atoms with van der Waals surface area (Å²) >= 11 is 0. The summed E-state index contributed by atoms with van der Waals surface area (Å²) in [4.78, 5) is 36.5. The molecule has 1 aliphatic carbocycles. The van der Waals surface area contributed by atoms with E-state index >= 15 is 0 Å². The van der Waals surface area contributed by atoms with Crippen molar-refractivity contribution in [3.63, 3.8) is 0 Å². The topological polar surface area (TPSA) is 101 Å². The Morgan fingerprint density at radius 1 is 1.35 bits per heavy atom. The van der Waals surface area contributed by atoms with Crippen LogP contribution in [0.1, 0.15) is 40.0 Å². The second-order valence-electron chi connectivity index (χ2n) is 6.52. The lowest BCUT2D eigenvalue weighted by Gasteiger charge is -2.25. The van der Waals surface area contributed by atoms with Crippen LogP contribution in [0, 0.1) is 17.3 Å². The minimum absolute atomic E-state index is 0.112. The molecular weight excluding hydrogens is 260 g/mol. The van der Waals surface area contributed by atoms with E-state index in [-0.39, 0.29) is 42.0 Å². The molecule has 0 aromatic rings. The highest BCUT2D eigenvalue weighted by atomic mass is 16.4. The summed E-state index contributed by atoms with van der Waals surface area (Å²) in [7, 11) is 0. The van der Waals surface area contributed by atoms with Crippen LogP contribution in [-0.4, -0.2) is 39.9 Å². The van der Waals surface area contributed by atoms with Crippen molar-refractivity contribution in [3.8, 4) is 0 Å². The third kappa shape index (κ3) is 2.02. The molecule has 3 unspecified atom stereocenters. The second kappa shape index (κ2) is 4.55. The number of hydrogen-bond acceptors (Lipinski definition) is 4. The lowest BCUT2D eigenvalue weighted by molar-refractivity contribution is -0.143. The number of fused-ring (bicyclic) bond motifs is 1. The maximum Gasteiger partial charge on any atom is 0.323 e. The fourth-order valence-electron chi connectivity index (χ4n) is 3.21. The van der Waals surface area contributed by atoms with Gasteiger partial charge >= 0.3 is 5.97 Å². The van der Waals surface area contributed by atoms with Gasteiger partial charge in [-0.25, -0.2) is 0 Å². The van der Waals surface area contributed by atoms with E-state index in [0.29, 0.717) is 12.8 Å². The maximum absolute atomic E-state index is 12.1. The summed E-state index contributed by atoms with van der Waals surface area (Å²) in [6.07, 6.45) is 1.01. The first-order valence-corrected chi connectivity index (χ1v) is 7.04. The molecule has 112 valence electrons. The van der Waals surface area contributed by atoms with Crippen LogP contribution in [0.15, 0.2) is 0 Å². The van der Waals surface area contributed by atoms with Crippen LogP contribution in [0.5, 0.6) is 0 Å². The van der Waals surface area contributed by atoms with E-state index in [1.54, 1.807) is 6.92 Å². The fraction of sp³-hybridized carbons (Fsp3) is 0.786. The number of nitrogens with two attached hydrogens (primary N) is 1. The van der Waals surface area contributed by atoms with Crippen molar-refractivity contribution < 1.29 is 19.5 Å². The van der Waals surface area contributed by atoms with Gasteiger partial charge in [0.05, 0.1) is 11.8 Å². The highest BCUT2D eigenvalue weighted by Crippen LogP contribution is 2.63. The van der Waals surface area contributed by atoms with Gasteiger partial charge in [-0.05, 0) is 24.7 Å². The number of aliphatic carboxylic acids is 1. The van der Waals surface area contributed by atoms with Crippen LogP contribution in [0.3, 0.4) is 0 Å². The molecule has 20 heavy (non-hydrogen) atoms. The first kappa shape index (κ1) is 15.0. The second-order valence-corrected chi connectivity index (χ2v) is 6.52. The number of carboxylic acid groups (broad SMARTS) is 1. The number of carboxylic acids is 1. The summed E-state index contributed by atoms with van der Waals surface area (Å²) in [6.45, 7) is 5.86. The predicted molar refractivity (Wildman–Crippen MR) is 71.6 cm³/mol. The van der Waals surface area contributed by atoms with E-state index in [0.717, 1.165) is 0 Å². The zero-order valence-electron chi connectivity index (χ0n) is 12.2. The highest BCUT2D eigenvalue weighted by molar-refractivity contribution is 6.10. The molecule has 0 radical (unpaired) electrons. The molecule has 2 aliphatic rings. The van der Waals surface area contributed by atoms with Crippen LogP contribution in [-0.2, 0) is 14.4 Å². The number of nitrogens with zero attached hydrogens (tertiary/aromatic N) is 1. The molecule has 1 heterocycles. The van der Waals surface area contributed by atoms with Crippen molar-refractivity contribution in [3.05, 3.63) is 0 Å². The van der Waals surface area contributed by atoms with Crippen molar-refractivity contribution in [2.75, 3.05) is 6.54 Å². The highest BCUT2D eigenvalue weighted by Gasteiger charge is 2.72. The Morgan fingerprint density at radius 3 is 2.25 bits per heavy atom. The van der Waals surface area contributed by atoms with Crippen molar-refractivity contribution in [2.24, 2.45) is 23.0 Å². The molecule has 0 spiro atoms. The number of imide groups is 1. The van der Waals surface area contributed by atoms with Crippen molar-refractivity contribution >= 4 is 17.8 Å². The normalized spacial score (nSPS) is 30.1. The van der Waals surface area contributed by atoms with E-state index in [1.807, 2.05) is 13.8 Å². The number of piperidine rings is 1. The Bertz CT molecular complexity index is 450. The van der Waals surface area contributed by atoms with Crippen molar-refractivity contribution in [1.82, 2.24) is 4.90 Å². The molecule has 1 aliphatic heterocycles. The summed E-state index contributed by atoms with van der Waals surface area (Å²) in [5, 5.41) is 9.07. The average molecular weight is 282 g/mol. The lowest BCUT2D eigenvalue weighted by Crippen LogP contribution is -2.48. The number of carbonyl (C=O) groups is 3. The van der Waals surface area contributed by atoms with Gasteiger partial charge in [0.1, 0.15) is 5.54 Å². The van der Waals surface area contributed by atoms with Gasteiger partial charge in [0, 0.05) is 6.54 Å². The molecule has 3 N–H and O–H groups in total. The fourth-order valence-corrected chi connectivity index (χ4v) is 3.21. The lowest BCUT2D eigenvalue weighted by atomic mass is 9.91. The molecule has 6 nitrogen and oxygen atoms in total. The molecule has 0 aromatic carbocycles. The Hall–Kier alpha value is -1.43. The number of rotatable bonds is 6. The average Bonchev–Trinajstić information content (AvgIpc) is 2.84. The van der Waals surface area contributed by atoms with Gasteiger partial charge in [-0.3, -0.25) is 19.3 Å². The van der Waals surface area contributed by atoms with Gasteiger partial charge < -0.3 is 10.8 Å². The van der Waals surface area contributed by atoms with Crippen LogP contribution in [0.4, 0.5) is 0 Å². The molecule has 2 rings (SSSR count). The van der Waals surface area contributed by atoms with E-state index in [4.69, 9.17) is 10.8 Å². The van der Waals surface area contributed by atoms with Gasteiger partial charge in [0.15, 0.2) is 0 Å². The zero-order valence-corrected chi connectivity index (χ0v) is 12.2. The monoisotopic (exact) mass is 282 g/mol. The molecule has 1 saturated heterocycles. The van der Waals surface area contributed by atoms with E-state index in [9.17, 15) is 14.4 Å². The predicted octanol–water partition coefficient (Wildman–Crippen LogP) is 0.600. The third-order valence-electron chi connectivity index (χ3n) is 4.95. The molecule has 2 fully saturated rings. The van der Waals surface area contributed by atoms with Crippen LogP contribution in [0.25, 0.3) is 0 Å². The summed E-state index contributed by atoms with van der Waals surface area (Å²) in [5.41, 5.74) is 4.31. The molecule has 3 atom stereocenters. The minimum atomic E-state index is -1.27. The molecule has 0 bridgehead atoms. The summed E-state index contributed by atoms with van der Waals surface area (Å²) < 4.78 is 0. The molecule has 2 amide bonds. The van der Waals surface area contributed by atoms with Gasteiger partial charge in [0.25, 0.3) is 0 Å². The Balaban J connectivity index is 1.90. The van der Waals surface area contributed by atoms with E-state index < -0.39 is 11.5 Å². The standard InChI is InChI=1S/C14H22N2O4/c1-4-14(15,12(19)20)6-5-7-16-10(17)8-9(11(16)18)13(8,2)3/h8-9H,4-7,15H2,1-3H3,(H,19,20). The van der Waals surface area contributed by atoms with Gasteiger partial charge in [-0.2, -0.15) is 0 Å². The summed E-state index contributed by atoms with van der Waals surface area (Å²) in [6, 6.07) is 0. The van der Waals surface area contributed by atoms with E-state index in [2.05, 4.69) is 0 Å². The van der Waals surface area contributed by atoms with Crippen LogP contribution in [0.2, 0.25) is 0 Å². The number of amides is 2. The molecule has 1 saturated carbocycles. The number of carbonyl (C=O) groups excluding carboxylic acids is 2. The SMILES string of the molecule is CCC(N)(CCCN1C(=O)C2C(C1=O)C2(C)C)C(=O)O. The molecule has 0 aromatic heterocycles. The number of likely N-dealkylation sites (tertiary alicyclic amines) is 1. The minimum Gasteiger partial charge on any atom is -0.480 e.